The smallest absolute Gasteiger partial charge is 0.343 e. The number of benzene rings is 1. The van der Waals surface area contributed by atoms with Crippen molar-refractivity contribution in [3.8, 4) is 5.75 Å². The maximum absolute atomic E-state index is 12.1. The van der Waals surface area contributed by atoms with Gasteiger partial charge in [-0.2, -0.15) is 0 Å². The third kappa shape index (κ3) is 3.15. The first-order valence-electron chi connectivity index (χ1n) is 7.17. The number of pyridine rings is 1. The molecule has 0 aliphatic heterocycles. The van der Waals surface area contributed by atoms with E-state index in [9.17, 15) is 4.79 Å². The largest absolute Gasteiger partial charge is 0.489 e. The highest BCUT2D eigenvalue weighted by Crippen LogP contribution is 2.33. The van der Waals surface area contributed by atoms with Gasteiger partial charge in [-0.05, 0) is 51.8 Å². The van der Waals surface area contributed by atoms with Crippen molar-refractivity contribution < 1.29 is 14.3 Å². The number of nitrogens with zero attached hydrogens (tertiary/aromatic N) is 1. The Balaban J connectivity index is 2.72. The summed E-state index contributed by atoms with van der Waals surface area (Å²) in [6.07, 6.45) is 1.50. The number of fused-ring (bicyclic) bond motifs is 1. The normalized spacial score (nSPS) is 11.0. The molecule has 1 heterocycles. The van der Waals surface area contributed by atoms with E-state index in [0.717, 1.165) is 22.0 Å². The van der Waals surface area contributed by atoms with Crippen molar-refractivity contribution in [2.75, 3.05) is 6.61 Å². The summed E-state index contributed by atoms with van der Waals surface area (Å²) in [4.78, 5) is 16.5. The number of rotatable bonds is 4. The summed E-state index contributed by atoms with van der Waals surface area (Å²) < 4.78 is 11.0. The van der Waals surface area contributed by atoms with Crippen molar-refractivity contribution in [3.63, 3.8) is 0 Å². The molecule has 0 atom stereocenters. The quantitative estimate of drug-likeness (QED) is 0.802. The fraction of sp³-hybridized carbons (Fsp3) is 0.412. The summed E-state index contributed by atoms with van der Waals surface area (Å²) >= 11 is 0. The zero-order chi connectivity index (χ0) is 15.6. The first-order valence-corrected chi connectivity index (χ1v) is 7.17. The number of aromatic nitrogens is 1. The minimum absolute atomic E-state index is 0.0375. The van der Waals surface area contributed by atoms with Crippen molar-refractivity contribution in [2.45, 2.75) is 40.7 Å². The monoisotopic (exact) mass is 287 g/mol. The van der Waals surface area contributed by atoms with E-state index in [2.05, 4.69) is 11.1 Å². The van der Waals surface area contributed by atoms with E-state index in [1.165, 1.54) is 6.20 Å². The molecule has 0 fully saturated rings. The van der Waals surface area contributed by atoms with Gasteiger partial charge in [-0.3, -0.25) is 4.98 Å². The Bertz CT molecular complexity index is 677. The molecule has 0 radical (unpaired) electrons. The van der Waals surface area contributed by atoms with E-state index in [1.54, 1.807) is 6.92 Å². The van der Waals surface area contributed by atoms with Gasteiger partial charge in [0.25, 0.3) is 0 Å². The van der Waals surface area contributed by atoms with Crippen LogP contribution in [0.2, 0.25) is 0 Å². The topological polar surface area (TPSA) is 48.4 Å². The van der Waals surface area contributed by atoms with Gasteiger partial charge in [0.15, 0.2) is 0 Å². The first-order chi connectivity index (χ1) is 9.93. The average molecular weight is 287 g/mol. The molecule has 0 saturated heterocycles. The van der Waals surface area contributed by atoms with Crippen molar-refractivity contribution >= 4 is 16.9 Å². The molecular formula is C17H21NO3. The molecule has 1 aromatic carbocycles. The summed E-state index contributed by atoms with van der Waals surface area (Å²) in [5.41, 5.74) is 3.38. The lowest BCUT2D eigenvalue weighted by atomic mass is 10.0. The van der Waals surface area contributed by atoms with Crippen molar-refractivity contribution in [3.05, 3.63) is 35.0 Å². The third-order valence-corrected chi connectivity index (χ3v) is 3.11. The van der Waals surface area contributed by atoms with E-state index in [0.29, 0.717) is 17.9 Å². The number of ether oxygens (including phenoxy) is 2. The predicted octanol–water partition coefficient (Wildman–Crippen LogP) is 3.82. The lowest BCUT2D eigenvalue weighted by Gasteiger charge is -2.17. The number of esters is 1. The molecule has 0 unspecified atom stereocenters. The Morgan fingerprint density at radius 2 is 2.00 bits per heavy atom. The van der Waals surface area contributed by atoms with E-state index in [-0.39, 0.29) is 6.10 Å². The van der Waals surface area contributed by atoms with Gasteiger partial charge in [0.05, 0.1) is 18.2 Å². The molecule has 0 aliphatic rings. The summed E-state index contributed by atoms with van der Waals surface area (Å²) in [5, 5.41) is 0.875. The van der Waals surface area contributed by atoms with Crippen molar-refractivity contribution in [1.29, 1.82) is 0 Å². The van der Waals surface area contributed by atoms with Crippen LogP contribution in [0.25, 0.3) is 10.9 Å². The Morgan fingerprint density at radius 1 is 1.29 bits per heavy atom. The molecule has 4 heteroatoms. The highest BCUT2D eigenvalue weighted by atomic mass is 16.5. The zero-order valence-electron chi connectivity index (χ0n) is 13.2. The fourth-order valence-corrected chi connectivity index (χ4v) is 2.38. The SMILES string of the molecule is CCOC(=O)c1cnc2cc(C)cc(C)c2c1OC(C)C. The maximum Gasteiger partial charge on any atom is 0.343 e. The van der Waals surface area contributed by atoms with Crippen molar-refractivity contribution in [2.24, 2.45) is 0 Å². The number of carbonyl (C=O) groups is 1. The number of aryl methyl sites for hydroxylation is 2. The van der Waals surface area contributed by atoms with E-state index >= 15 is 0 Å². The standard InChI is InChI=1S/C17H21NO3/c1-6-20-17(19)13-9-18-14-8-11(4)7-12(5)15(14)16(13)21-10(2)3/h7-10H,6H2,1-5H3. The van der Waals surface area contributed by atoms with Crippen molar-refractivity contribution in [1.82, 2.24) is 4.98 Å². The van der Waals surface area contributed by atoms with E-state index < -0.39 is 5.97 Å². The highest BCUT2D eigenvalue weighted by Gasteiger charge is 2.20. The molecule has 2 aromatic rings. The van der Waals surface area contributed by atoms with Gasteiger partial charge in [0, 0.05) is 11.6 Å². The molecule has 0 saturated carbocycles. The zero-order valence-corrected chi connectivity index (χ0v) is 13.2. The van der Waals surface area contributed by atoms with Gasteiger partial charge in [-0.25, -0.2) is 4.79 Å². The van der Waals surface area contributed by atoms with Crippen LogP contribution in [0.1, 0.15) is 42.3 Å². The predicted molar refractivity (Wildman–Crippen MR) is 82.9 cm³/mol. The average Bonchev–Trinajstić information content (AvgIpc) is 2.37. The number of hydrogen-bond donors (Lipinski definition) is 0. The van der Waals surface area contributed by atoms with Gasteiger partial charge < -0.3 is 9.47 Å². The van der Waals surface area contributed by atoms with Gasteiger partial charge in [0.2, 0.25) is 0 Å². The molecule has 1 aromatic heterocycles. The second-order valence-electron chi connectivity index (χ2n) is 5.36. The Kier molecular flexibility index (Phi) is 4.46. The number of carbonyl (C=O) groups excluding carboxylic acids is 1. The molecule has 21 heavy (non-hydrogen) atoms. The molecular weight excluding hydrogens is 266 g/mol. The van der Waals surface area contributed by atoms with E-state index in [4.69, 9.17) is 9.47 Å². The Labute approximate surface area is 125 Å². The molecule has 0 spiro atoms. The van der Waals surface area contributed by atoms with Gasteiger partial charge in [0.1, 0.15) is 11.3 Å². The molecule has 0 amide bonds. The van der Waals surface area contributed by atoms with Crippen LogP contribution < -0.4 is 4.74 Å². The van der Waals surface area contributed by atoms with Crippen LogP contribution in [0, 0.1) is 13.8 Å². The van der Waals surface area contributed by atoms with Crippen LogP contribution >= 0.6 is 0 Å². The third-order valence-electron chi connectivity index (χ3n) is 3.11. The lowest BCUT2D eigenvalue weighted by Crippen LogP contribution is -2.13. The van der Waals surface area contributed by atoms with Gasteiger partial charge in [-0.15, -0.1) is 0 Å². The second-order valence-corrected chi connectivity index (χ2v) is 5.36. The molecule has 2 rings (SSSR count). The van der Waals surface area contributed by atoms with Crippen LogP contribution in [0.5, 0.6) is 5.75 Å². The van der Waals surface area contributed by atoms with E-state index in [1.807, 2.05) is 33.8 Å². The Hall–Kier alpha value is -2.10. The maximum atomic E-state index is 12.1. The van der Waals surface area contributed by atoms with Crippen LogP contribution in [-0.2, 0) is 4.74 Å². The van der Waals surface area contributed by atoms with Gasteiger partial charge >= 0.3 is 5.97 Å². The van der Waals surface area contributed by atoms with Crippen LogP contribution in [0.4, 0.5) is 0 Å². The molecule has 112 valence electrons. The van der Waals surface area contributed by atoms with Gasteiger partial charge in [-0.1, -0.05) is 6.07 Å². The summed E-state index contributed by atoms with van der Waals surface area (Å²) in [6.45, 7) is 10.00. The van der Waals surface area contributed by atoms with Crippen LogP contribution in [0.15, 0.2) is 18.3 Å². The van der Waals surface area contributed by atoms with Crippen LogP contribution in [-0.4, -0.2) is 23.7 Å². The lowest BCUT2D eigenvalue weighted by molar-refractivity contribution is 0.0520. The molecule has 0 N–H and O–H groups in total. The highest BCUT2D eigenvalue weighted by molar-refractivity contribution is 6.01. The summed E-state index contributed by atoms with van der Waals surface area (Å²) in [6, 6.07) is 4.05. The van der Waals surface area contributed by atoms with Crippen LogP contribution in [0.3, 0.4) is 0 Å². The number of hydrogen-bond acceptors (Lipinski definition) is 4. The Morgan fingerprint density at radius 3 is 2.62 bits per heavy atom. The summed E-state index contributed by atoms with van der Waals surface area (Å²) in [7, 11) is 0. The first kappa shape index (κ1) is 15.3. The second kappa shape index (κ2) is 6.12. The molecule has 0 aliphatic carbocycles. The fourth-order valence-electron chi connectivity index (χ4n) is 2.38. The summed E-state index contributed by atoms with van der Waals surface area (Å²) in [5.74, 6) is 0.161. The minimum atomic E-state index is -0.400. The minimum Gasteiger partial charge on any atom is -0.489 e. The molecule has 0 bridgehead atoms. The molecule has 4 nitrogen and oxygen atoms in total.